The van der Waals surface area contributed by atoms with Gasteiger partial charge in [0.2, 0.25) is 0 Å². The van der Waals surface area contributed by atoms with Crippen molar-refractivity contribution in [1.82, 2.24) is 15.1 Å². The van der Waals surface area contributed by atoms with Crippen molar-refractivity contribution in [2.45, 2.75) is 20.4 Å². The standard InChI is InChI=1S/C15H20N4O/c1-4-16-14-6-5-11(2)7-13(14)15(20)19(3)10-12-8-17-18-9-12/h5-9,16H,4,10H2,1-3H3,(H,17,18). The molecule has 0 saturated heterocycles. The molecule has 5 heteroatoms. The largest absolute Gasteiger partial charge is 0.385 e. The third kappa shape index (κ3) is 3.17. The van der Waals surface area contributed by atoms with Crippen LogP contribution >= 0.6 is 0 Å². The van der Waals surface area contributed by atoms with Gasteiger partial charge in [0.1, 0.15) is 0 Å². The molecule has 2 aromatic rings. The Morgan fingerprint density at radius 2 is 2.25 bits per heavy atom. The van der Waals surface area contributed by atoms with Gasteiger partial charge in [0, 0.05) is 37.6 Å². The van der Waals surface area contributed by atoms with E-state index in [1.807, 2.05) is 32.0 Å². The number of carbonyl (C=O) groups is 1. The van der Waals surface area contributed by atoms with Gasteiger partial charge in [-0.05, 0) is 26.0 Å². The summed E-state index contributed by atoms with van der Waals surface area (Å²) in [6, 6.07) is 5.88. The van der Waals surface area contributed by atoms with Gasteiger partial charge >= 0.3 is 0 Å². The van der Waals surface area contributed by atoms with Gasteiger partial charge in [-0.15, -0.1) is 0 Å². The number of hydrogen-bond donors (Lipinski definition) is 2. The van der Waals surface area contributed by atoms with Crippen LogP contribution in [0.25, 0.3) is 0 Å². The summed E-state index contributed by atoms with van der Waals surface area (Å²) in [6.45, 7) is 5.33. The first-order valence-corrected chi connectivity index (χ1v) is 6.69. The van der Waals surface area contributed by atoms with Crippen LogP contribution in [0.2, 0.25) is 0 Å². The van der Waals surface area contributed by atoms with E-state index in [-0.39, 0.29) is 5.91 Å². The van der Waals surface area contributed by atoms with E-state index in [1.165, 1.54) is 0 Å². The van der Waals surface area contributed by atoms with Crippen LogP contribution in [0.1, 0.15) is 28.4 Å². The Balaban J connectivity index is 2.21. The summed E-state index contributed by atoms with van der Waals surface area (Å²) in [5, 5.41) is 9.88. The first kappa shape index (κ1) is 14.1. The third-order valence-electron chi connectivity index (χ3n) is 3.09. The molecule has 1 amide bonds. The fourth-order valence-electron chi connectivity index (χ4n) is 2.10. The van der Waals surface area contributed by atoms with Gasteiger partial charge < -0.3 is 10.2 Å². The van der Waals surface area contributed by atoms with Crippen molar-refractivity contribution in [3.8, 4) is 0 Å². The predicted molar refractivity (Wildman–Crippen MR) is 79.7 cm³/mol. The van der Waals surface area contributed by atoms with E-state index >= 15 is 0 Å². The highest BCUT2D eigenvalue weighted by Crippen LogP contribution is 2.19. The molecule has 0 aliphatic rings. The van der Waals surface area contributed by atoms with Gasteiger partial charge in [-0.1, -0.05) is 11.6 Å². The lowest BCUT2D eigenvalue weighted by molar-refractivity contribution is 0.0786. The zero-order chi connectivity index (χ0) is 14.5. The molecular weight excluding hydrogens is 252 g/mol. The van der Waals surface area contributed by atoms with Gasteiger partial charge in [0.15, 0.2) is 0 Å². The highest BCUT2D eigenvalue weighted by atomic mass is 16.2. The number of hydrogen-bond acceptors (Lipinski definition) is 3. The maximum Gasteiger partial charge on any atom is 0.256 e. The molecule has 5 nitrogen and oxygen atoms in total. The van der Waals surface area contributed by atoms with Gasteiger partial charge in [-0.2, -0.15) is 5.10 Å². The van der Waals surface area contributed by atoms with Gasteiger partial charge in [0.05, 0.1) is 11.8 Å². The summed E-state index contributed by atoms with van der Waals surface area (Å²) >= 11 is 0. The van der Waals surface area contributed by atoms with Crippen LogP contribution in [0.5, 0.6) is 0 Å². The molecule has 0 saturated carbocycles. The Morgan fingerprint density at radius 1 is 1.45 bits per heavy atom. The lowest BCUT2D eigenvalue weighted by Gasteiger charge is -2.19. The number of aryl methyl sites for hydroxylation is 1. The van der Waals surface area contributed by atoms with Gasteiger partial charge in [-0.25, -0.2) is 0 Å². The average Bonchev–Trinajstić information content (AvgIpc) is 2.93. The monoisotopic (exact) mass is 272 g/mol. The number of anilines is 1. The Bertz CT molecular complexity index is 578. The van der Waals surface area contributed by atoms with Crippen molar-refractivity contribution < 1.29 is 4.79 Å². The van der Waals surface area contributed by atoms with Crippen molar-refractivity contribution in [3.05, 3.63) is 47.3 Å². The number of aromatic amines is 1. The first-order chi connectivity index (χ1) is 9.61. The van der Waals surface area contributed by atoms with E-state index in [0.717, 1.165) is 23.4 Å². The fourth-order valence-corrected chi connectivity index (χ4v) is 2.10. The number of amides is 1. The first-order valence-electron chi connectivity index (χ1n) is 6.69. The lowest BCUT2D eigenvalue weighted by Crippen LogP contribution is -2.27. The Labute approximate surface area is 119 Å². The number of nitrogens with one attached hydrogen (secondary N) is 2. The zero-order valence-corrected chi connectivity index (χ0v) is 12.1. The van der Waals surface area contributed by atoms with Crippen LogP contribution in [-0.2, 0) is 6.54 Å². The van der Waals surface area contributed by atoms with E-state index in [9.17, 15) is 4.79 Å². The molecule has 0 radical (unpaired) electrons. The van der Waals surface area contributed by atoms with Crippen LogP contribution in [-0.4, -0.2) is 34.6 Å². The molecule has 0 atom stereocenters. The molecular formula is C15H20N4O. The Hall–Kier alpha value is -2.30. The van der Waals surface area contributed by atoms with Crippen molar-refractivity contribution >= 4 is 11.6 Å². The van der Waals surface area contributed by atoms with Crippen molar-refractivity contribution in [2.75, 3.05) is 18.9 Å². The number of aromatic nitrogens is 2. The molecule has 0 bridgehead atoms. The normalized spacial score (nSPS) is 10.3. The molecule has 1 aromatic carbocycles. The Morgan fingerprint density at radius 3 is 2.90 bits per heavy atom. The number of rotatable bonds is 5. The highest BCUT2D eigenvalue weighted by molar-refractivity contribution is 5.99. The molecule has 2 rings (SSSR count). The minimum atomic E-state index is 0.00542. The molecule has 20 heavy (non-hydrogen) atoms. The quantitative estimate of drug-likeness (QED) is 0.878. The van der Waals surface area contributed by atoms with Crippen molar-refractivity contribution in [3.63, 3.8) is 0 Å². The summed E-state index contributed by atoms with van der Waals surface area (Å²) in [4.78, 5) is 14.3. The lowest BCUT2D eigenvalue weighted by atomic mass is 10.1. The van der Waals surface area contributed by atoms with Crippen LogP contribution in [0, 0.1) is 6.92 Å². The second-order valence-corrected chi connectivity index (χ2v) is 4.85. The minimum absolute atomic E-state index is 0.00542. The van der Waals surface area contributed by atoms with Crippen molar-refractivity contribution in [1.29, 1.82) is 0 Å². The van der Waals surface area contributed by atoms with Gasteiger partial charge in [-0.3, -0.25) is 9.89 Å². The molecule has 0 aliphatic carbocycles. The number of carbonyl (C=O) groups excluding carboxylic acids is 1. The summed E-state index contributed by atoms with van der Waals surface area (Å²) in [6.07, 6.45) is 3.52. The maximum absolute atomic E-state index is 12.6. The number of benzene rings is 1. The van der Waals surface area contributed by atoms with E-state index in [2.05, 4.69) is 15.5 Å². The molecule has 1 aromatic heterocycles. The molecule has 106 valence electrons. The molecule has 0 spiro atoms. The molecule has 0 unspecified atom stereocenters. The maximum atomic E-state index is 12.6. The van der Waals surface area contributed by atoms with Crippen molar-refractivity contribution in [2.24, 2.45) is 0 Å². The number of nitrogens with zero attached hydrogens (tertiary/aromatic N) is 2. The average molecular weight is 272 g/mol. The summed E-state index contributed by atoms with van der Waals surface area (Å²) in [5.74, 6) is 0.00542. The van der Waals surface area contributed by atoms with Crippen LogP contribution in [0.3, 0.4) is 0 Å². The smallest absolute Gasteiger partial charge is 0.256 e. The topological polar surface area (TPSA) is 61.0 Å². The number of H-pyrrole nitrogens is 1. The highest BCUT2D eigenvalue weighted by Gasteiger charge is 2.16. The molecule has 0 fully saturated rings. The second kappa shape index (κ2) is 6.23. The summed E-state index contributed by atoms with van der Waals surface area (Å²) < 4.78 is 0. The molecule has 2 N–H and O–H groups in total. The zero-order valence-electron chi connectivity index (χ0n) is 12.1. The predicted octanol–water partition coefficient (Wildman–Crippen LogP) is 2.42. The molecule has 1 heterocycles. The van der Waals surface area contributed by atoms with Crippen LogP contribution in [0.15, 0.2) is 30.6 Å². The van der Waals surface area contributed by atoms with E-state index < -0.39 is 0 Å². The summed E-state index contributed by atoms with van der Waals surface area (Å²) in [7, 11) is 1.80. The SMILES string of the molecule is CCNc1ccc(C)cc1C(=O)N(C)Cc1cn[nH]c1. The van der Waals surface area contributed by atoms with E-state index in [1.54, 1.807) is 24.3 Å². The Kier molecular flexibility index (Phi) is 4.40. The van der Waals surface area contributed by atoms with E-state index in [4.69, 9.17) is 0 Å². The second-order valence-electron chi connectivity index (χ2n) is 4.85. The van der Waals surface area contributed by atoms with Crippen LogP contribution in [0.4, 0.5) is 5.69 Å². The van der Waals surface area contributed by atoms with E-state index in [0.29, 0.717) is 12.1 Å². The van der Waals surface area contributed by atoms with Gasteiger partial charge in [0.25, 0.3) is 5.91 Å². The third-order valence-corrected chi connectivity index (χ3v) is 3.09. The molecule has 0 aliphatic heterocycles. The summed E-state index contributed by atoms with van der Waals surface area (Å²) in [5.41, 5.74) is 3.64. The van der Waals surface area contributed by atoms with Crippen LogP contribution < -0.4 is 5.32 Å². The minimum Gasteiger partial charge on any atom is -0.385 e. The fraction of sp³-hybridized carbons (Fsp3) is 0.333.